The number of fused-ring (bicyclic) bond motifs is 1. The zero-order chi connectivity index (χ0) is 13.3. The van der Waals surface area contributed by atoms with Gasteiger partial charge in [-0.15, -0.1) is 0 Å². The van der Waals surface area contributed by atoms with Crippen LogP contribution in [-0.2, 0) is 6.54 Å². The minimum Gasteiger partial charge on any atom is -0.478 e. The summed E-state index contributed by atoms with van der Waals surface area (Å²) in [5.41, 5.74) is 1.65. The maximum absolute atomic E-state index is 11.1. The van der Waals surface area contributed by atoms with Crippen molar-refractivity contribution >= 4 is 16.9 Å². The van der Waals surface area contributed by atoms with Gasteiger partial charge in [0, 0.05) is 23.6 Å². The topological polar surface area (TPSA) is 42.2 Å². The fourth-order valence-corrected chi connectivity index (χ4v) is 2.06. The van der Waals surface area contributed by atoms with Crippen LogP contribution >= 0.6 is 0 Å². The Bertz CT molecular complexity index is 576. The van der Waals surface area contributed by atoms with Crippen LogP contribution in [-0.4, -0.2) is 15.6 Å². The fourth-order valence-electron chi connectivity index (χ4n) is 2.06. The standard InChI is InChI=1S/C15H19NO2/c1-15(2,3)8-10-16-9-7-11-12(14(17)18)5-4-6-13(11)16/h4-7,9H,8,10H2,1-3H3,(H,17,18). The average molecular weight is 245 g/mol. The fraction of sp³-hybridized carbons (Fsp3) is 0.400. The summed E-state index contributed by atoms with van der Waals surface area (Å²) in [7, 11) is 0. The molecule has 0 atom stereocenters. The molecule has 0 amide bonds. The van der Waals surface area contributed by atoms with E-state index in [9.17, 15) is 4.79 Å². The third-order valence-corrected chi connectivity index (χ3v) is 3.15. The molecule has 0 aliphatic rings. The van der Waals surface area contributed by atoms with E-state index < -0.39 is 5.97 Å². The first-order chi connectivity index (χ1) is 8.38. The van der Waals surface area contributed by atoms with E-state index >= 15 is 0 Å². The van der Waals surface area contributed by atoms with E-state index in [0.717, 1.165) is 23.9 Å². The number of nitrogens with zero attached hydrogens (tertiary/aromatic N) is 1. The molecule has 1 heterocycles. The normalized spacial score (nSPS) is 11.9. The summed E-state index contributed by atoms with van der Waals surface area (Å²) in [6, 6.07) is 7.32. The second-order valence-corrected chi connectivity index (χ2v) is 5.86. The highest BCUT2D eigenvalue weighted by Gasteiger charge is 2.13. The summed E-state index contributed by atoms with van der Waals surface area (Å²) < 4.78 is 2.13. The summed E-state index contributed by atoms with van der Waals surface area (Å²) >= 11 is 0. The van der Waals surface area contributed by atoms with Gasteiger partial charge in [0.2, 0.25) is 0 Å². The van der Waals surface area contributed by atoms with E-state index in [1.165, 1.54) is 0 Å². The van der Waals surface area contributed by atoms with Gasteiger partial charge in [0.25, 0.3) is 0 Å². The molecular weight excluding hydrogens is 226 g/mol. The average Bonchev–Trinajstić information content (AvgIpc) is 2.68. The molecule has 0 fully saturated rings. The van der Waals surface area contributed by atoms with Crippen molar-refractivity contribution in [1.29, 1.82) is 0 Å². The highest BCUT2D eigenvalue weighted by molar-refractivity contribution is 6.02. The quantitative estimate of drug-likeness (QED) is 0.894. The van der Waals surface area contributed by atoms with Gasteiger partial charge in [-0.2, -0.15) is 0 Å². The predicted molar refractivity (Wildman–Crippen MR) is 73.0 cm³/mol. The Morgan fingerprint density at radius 3 is 2.61 bits per heavy atom. The maximum atomic E-state index is 11.1. The van der Waals surface area contributed by atoms with Gasteiger partial charge in [0.05, 0.1) is 5.56 Å². The van der Waals surface area contributed by atoms with Crippen molar-refractivity contribution in [2.75, 3.05) is 0 Å². The van der Waals surface area contributed by atoms with Crippen molar-refractivity contribution < 1.29 is 9.90 Å². The highest BCUT2D eigenvalue weighted by atomic mass is 16.4. The van der Waals surface area contributed by atoms with E-state index in [-0.39, 0.29) is 5.41 Å². The van der Waals surface area contributed by atoms with Gasteiger partial charge in [-0.05, 0) is 30.0 Å². The first-order valence-electron chi connectivity index (χ1n) is 6.20. The van der Waals surface area contributed by atoms with Crippen molar-refractivity contribution in [1.82, 2.24) is 4.57 Å². The van der Waals surface area contributed by atoms with Crippen LogP contribution in [0.25, 0.3) is 10.9 Å². The smallest absolute Gasteiger partial charge is 0.336 e. The number of benzene rings is 1. The second-order valence-electron chi connectivity index (χ2n) is 5.86. The van der Waals surface area contributed by atoms with Gasteiger partial charge in [-0.1, -0.05) is 26.8 Å². The third kappa shape index (κ3) is 2.55. The first-order valence-corrected chi connectivity index (χ1v) is 6.20. The molecule has 1 aromatic carbocycles. The van der Waals surface area contributed by atoms with E-state index in [2.05, 4.69) is 25.3 Å². The van der Waals surface area contributed by atoms with Crippen molar-refractivity contribution in [2.24, 2.45) is 5.41 Å². The zero-order valence-electron chi connectivity index (χ0n) is 11.1. The molecule has 96 valence electrons. The molecular formula is C15H19NO2. The molecule has 0 spiro atoms. The number of aromatic carboxylic acids is 1. The number of carboxylic acid groups (broad SMARTS) is 1. The Morgan fingerprint density at radius 1 is 1.28 bits per heavy atom. The van der Waals surface area contributed by atoms with E-state index in [0.29, 0.717) is 5.56 Å². The Labute approximate surface area is 107 Å². The van der Waals surface area contributed by atoms with Crippen LogP contribution in [0, 0.1) is 5.41 Å². The molecule has 18 heavy (non-hydrogen) atoms. The summed E-state index contributed by atoms with van der Waals surface area (Å²) in [5, 5.41) is 9.96. The minimum absolute atomic E-state index is 0.279. The van der Waals surface area contributed by atoms with E-state index in [1.807, 2.05) is 18.3 Å². The van der Waals surface area contributed by atoms with Crippen LogP contribution in [0.2, 0.25) is 0 Å². The van der Waals surface area contributed by atoms with Crippen molar-refractivity contribution in [3.8, 4) is 0 Å². The van der Waals surface area contributed by atoms with Crippen LogP contribution in [0.15, 0.2) is 30.5 Å². The molecule has 2 aromatic rings. The Morgan fingerprint density at radius 2 is 2.00 bits per heavy atom. The molecule has 3 heteroatoms. The number of carboxylic acids is 1. The Balaban J connectivity index is 2.37. The summed E-state index contributed by atoms with van der Waals surface area (Å²) in [5.74, 6) is -0.867. The number of aromatic nitrogens is 1. The molecule has 2 rings (SSSR count). The van der Waals surface area contributed by atoms with Gasteiger partial charge in [-0.25, -0.2) is 4.79 Å². The monoisotopic (exact) mass is 245 g/mol. The van der Waals surface area contributed by atoms with Crippen LogP contribution in [0.5, 0.6) is 0 Å². The lowest BCUT2D eigenvalue weighted by molar-refractivity contribution is 0.0699. The number of aryl methyl sites for hydroxylation is 1. The lowest BCUT2D eigenvalue weighted by atomic mass is 9.92. The van der Waals surface area contributed by atoms with Crippen molar-refractivity contribution in [3.63, 3.8) is 0 Å². The number of rotatable bonds is 3. The van der Waals surface area contributed by atoms with Gasteiger partial charge < -0.3 is 9.67 Å². The van der Waals surface area contributed by atoms with Crippen LogP contribution < -0.4 is 0 Å². The lowest BCUT2D eigenvalue weighted by Gasteiger charge is -2.18. The largest absolute Gasteiger partial charge is 0.478 e. The van der Waals surface area contributed by atoms with Gasteiger partial charge in [0.15, 0.2) is 0 Å². The molecule has 1 aromatic heterocycles. The number of hydrogen-bond donors (Lipinski definition) is 1. The van der Waals surface area contributed by atoms with E-state index in [1.54, 1.807) is 12.1 Å². The molecule has 1 N–H and O–H groups in total. The van der Waals surface area contributed by atoms with Crippen LogP contribution in [0.3, 0.4) is 0 Å². The number of hydrogen-bond acceptors (Lipinski definition) is 1. The summed E-state index contributed by atoms with van der Waals surface area (Å²) in [6.45, 7) is 7.54. The molecule has 0 aliphatic heterocycles. The second kappa shape index (κ2) is 4.48. The minimum atomic E-state index is -0.867. The molecule has 3 nitrogen and oxygen atoms in total. The zero-order valence-corrected chi connectivity index (χ0v) is 11.1. The Hall–Kier alpha value is -1.77. The first kappa shape index (κ1) is 12.7. The molecule has 0 saturated carbocycles. The van der Waals surface area contributed by atoms with Crippen LogP contribution in [0.1, 0.15) is 37.6 Å². The molecule has 0 bridgehead atoms. The molecule has 0 aliphatic carbocycles. The summed E-state index contributed by atoms with van der Waals surface area (Å²) in [6.07, 6.45) is 3.04. The third-order valence-electron chi connectivity index (χ3n) is 3.15. The van der Waals surface area contributed by atoms with Gasteiger partial charge >= 0.3 is 5.97 Å². The molecule has 0 saturated heterocycles. The van der Waals surface area contributed by atoms with E-state index in [4.69, 9.17) is 5.11 Å². The molecule has 0 unspecified atom stereocenters. The summed E-state index contributed by atoms with van der Waals surface area (Å²) in [4.78, 5) is 11.1. The van der Waals surface area contributed by atoms with Crippen LogP contribution in [0.4, 0.5) is 0 Å². The Kier molecular flexibility index (Phi) is 3.16. The predicted octanol–water partition coefficient (Wildman–Crippen LogP) is 3.78. The maximum Gasteiger partial charge on any atom is 0.336 e. The van der Waals surface area contributed by atoms with Crippen molar-refractivity contribution in [3.05, 3.63) is 36.0 Å². The van der Waals surface area contributed by atoms with Crippen molar-refractivity contribution in [2.45, 2.75) is 33.7 Å². The molecule has 0 radical (unpaired) electrons. The van der Waals surface area contributed by atoms with Gasteiger partial charge in [-0.3, -0.25) is 0 Å². The lowest BCUT2D eigenvalue weighted by Crippen LogP contribution is -2.09. The SMILES string of the molecule is CC(C)(C)CCn1ccc2c(C(=O)O)cccc21. The highest BCUT2D eigenvalue weighted by Crippen LogP contribution is 2.24. The van der Waals surface area contributed by atoms with Gasteiger partial charge in [0.1, 0.15) is 0 Å². The number of carbonyl (C=O) groups is 1.